The van der Waals surface area contributed by atoms with E-state index in [-0.39, 0.29) is 11.3 Å². The molecule has 24 heavy (non-hydrogen) atoms. The topological polar surface area (TPSA) is 78.5 Å². The Morgan fingerprint density at radius 1 is 1.17 bits per heavy atom. The van der Waals surface area contributed by atoms with E-state index in [1.54, 1.807) is 11.0 Å². The Morgan fingerprint density at radius 2 is 1.92 bits per heavy atom. The maximum absolute atomic E-state index is 12.0. The lowest BCUT2D eigenvalue weighted by molar-refractivity contribution is -0.764. The van der Waals surface area contributed by atoms with E-state index in [1.165, 1.54) is 0 Å². The first-order chi connectivity index (χ1) is 11.7. The Hall–Kier alpha value is -2.41. The van der Waals surface area contributed by atoms with Crippen LogP contribution in [0.2, 0.25) is 0 Å². The maximum Gasteiger partial charge on any atom is 0.286 e. The number of ketones is 1. The van der Waals surface area contributed by atoms with Crippen molar-refractivity contribution in [2.45, 2.75) is 19.3 Å². The van der Waals surface area contributed by atoms with E-state index in [2.05, 4.69) is 15.2 Å². The minimum Gasteiger partial charge on any atom is -0.380 e. The Kier molecular flexibility index (Phi) is 5.43. The Bertz CT molecular complexity index is 701. The first-order valence-electron chi connectivity index (χ1n) is 8.38. The van der Waals surface area contributed by atoms with Gasteiger partial charge in [0, 0.05) is 38.2 Å². The summed E-state index contributed by atoms with van der Waals surface area (Å²) in [7, 11) is 0. The highest BCUT2D eigenvalue weighted by Crippen LogP contribution is 2.08. The predicted octanol–water partition coefficient (Wildman–Crippen LogP) is 0.311. The fraction of sp³-hybridized carbons (Fsp3) is 0.471. The molecular weight excluding hydrogens is 306 g/mol. The number of nitrogens with one attached hydrogen (secondary N) is 1. The number of nitrogens with zero attached hydrogens (tertiary/aromatic N) is 4. The van der Waals surface area contributed by atoms with Gasteiger partial charge < -0.3 is 9.42 Å². The minimum atomic E-state index is 0.0699. The van der Waals surface area contributed by atoms with Crippen molar-refractivity contribution in [3.05, 3.63) is 47.6 Å². The second kappa shape index (κ2) is 7.92. The van der Waals surface area contributed by atoms with Gasteiger partial charge in [-0.05, 0) is 24.7 Å². The number of aromatic nitrogens is 2. The molecular formula is C17H23N5O2. The highest BCUT2D eigenvalue weighted by Gasteiger charge is 2.17. The van der Waals surface area contributed by atoms with Crippen molar-refractivity contribution in [2.75, 3.05) is 37.7 Å². The molecule has 0 bridgehead atoms. The molecule has 1 aliphatic heterocycles. The van der Waals surface area contributed by atoms with Crippen LogP contribution in [0.4, 0.5) is 0 Å². The van der Waals surface area contributed by atoms with E-state index in [4.69, 9.17) is 9.93 Å². The maximum atomic E-state index is 12.0. The van der Waals surface area contributed by atoms with Gasteiger partial charge in [0.25, 0.3) is 11.8 Å². The van der Waals surface area contributed by atoms with Crippen LogP contribution in [0.5, 0.6) is 0 Å². The average Bonchev–Trinajstić information content (AvgIpc) is 3.06. The van der Waals surface area contributed by atoms with Crippen molar-refractivity contribution in [1.29, 1.82) is 5.41 Å². The summed E-state index contributed by atoms with van der Waals surface area (Å²) < 4.78 is 4.78. The monoisotopic (exact) mass is 329 g/mol. The Balaban J connectivity index is 1.34. The second-order valence-corrected chi connectivity index (χ2v) is 6.03. The summed E-state index contributed by atoms with van der Waals surface area (Å²) in [6, 6.07) is 9.50. The second-order valence-electron chi connectivity index (χ2n) is 6.03. The quantitative estimate of drug-likeness (QED) is 0.449. The molecule has 1 saturated heterocycles. The molecule has 3 rings (SSSR count). The van der Waals surface area contributed by atoms with Crippen molar-refractivity contribution in [2.24, 2.45) is 0 Å². The highest BCUT2D eigenvalue weighted by atomic mass is 16.5. The molecule has 0 spiro atoms. The molecule has 0 saturated carbocycles. The van der Waals surface area contributed by atoms with Gasteiger partial charge in [-0.2, -0.15) is 0 Å². The van der Waals surface area contributed by atoms with Gasteiger partial charge in [-0.1, -0.05) is 35.1 Å². The number of carbonyl (C=O) groups excluding carboxylic acids is 1. The molecule has 0 aliphatic carbocycles. The van der Waals surface area contributed by atoms with Crippen LogP contribution in [0, 0.1) is 5.41 Å². The lowest BCUT2D eigenvalue weighted by Crippen LogP contribution is -2.66. The summed E-state index contributed by atoms with van der Waals surface area (Å²) in [5, 5.41) is 13.2. The first-order valence-corrected chi connectivity index (χ1v) is 8.38. The third-order valence-corrected chi connectivity index (χ3v) is 4.32. The number of piperazine rings is 1. The molecule has 1 aliphatic rings. The molecule has 0 amide bonds. The molecule has 2 aromatic rings. The molecule has 128 valence electrons. The Morgan fingerprint density at radius 3 is 2.58 bits per heavy atom. The van der Waals surface area contributed by atoms with Gasteiger partial charge in [0.2, 0.25) is 0 Å². The van der Waals surface area contributed by atoms with Crippen LogP contribution in [0.3, 0.4) is 0 Å². The lowest BCUT2D eigenvalue weighted by Gasteiger charge is -2.35. The smallest absolute Gasteiger partial charge is 0.286 e. The first kappa shape index (κ1) is 16.4. The minimum absolute atomic E-state index is 0.0699. The average molecular weight is 329 g/mol. The van der Waals surface area contributed by atoms with E-state index in [1.807, 2.05) is 30.3 Å². The molecule has 1 aromatic carbocycles. The van der Waals surface area contributed by atoms with Crippen LogP contribution >= 0.6 is 0 Å². The van der Waals surface area contributed by atoms with Gasteiger partial charge in [-0.25, -0.2) is 0 Å². The number of benzene rings is 1. The zero-order chi connectivity index (χ0) is 16.8. The van der Waals surface area contributed by atoms with Crippen molar-refractivity contribution >= 4 is 5.78 Å². The van der Waals surface area contributed by atoms with Crippen LogP contribution in [0.1, 0.15) is 29.6 Å². The van der Waals surface area contributed by atoms with Gasteiger partial charge in [0.05, 0.1) is 0 Å². The highest BCUT2D eigenvalue weighted by molar-refractivity contribution is 5.95. The number of carbonyl (C=O) groups is 1. The standard InChI is InChI=1S/C17H23N5O2/c18-17-14-22(19-24-17)21-12-10-20(11-13-21)9-5-4-8-16(23)15-6-2-1-3-7-15/h1-3,6-7,14,18H,4-5,8-13H2. The summed E-state index contributed by atoms with van der Waals surface area (Å²) in [6.07, 6.45) is 4.15. The van der Waals surface area contributed by atoms with Crippen molar-refractivity contribution in [3.63, 3.8) is 0 Å². The van der Waals surface area contributed by atoms with Gasteiger partial charge in [0.1, 0.15) is 0 Å². The van der Waals surface area contributed by atoms with Crippen LogP contribution in [0.15, 0.2) is 41.1 Å². The third kappa shape index (κ3) is 4.32. The molecule has 0 radical (unpaired) electrons. The van der Waals surface area contributed by atoms with E-state index >= 15 is 0 Å². The fourth-order valence-corrected chi connectivity index (χ4v) is 2.93. The summed E-state index contributed by atoms with van der Waals surface area (Å²) in [6.45, 7) is 4.65. The SMILES string of the molecule is N=c1c[n+](N2CCN(CCCCC(=O)c3ccccc3)CC2)[n-]o1. The summed E-state index contributed by atoms with van der Waals surface area (Å²) >= 11 is 0. The molecule has 7 nitrogen and oxygen atoms in total. The normalized spacial score (nSPS) is 15.6. The molecule has 2 heterocycles. The van der Waals surface area contributed by atoms with Crippen LogP contribution in [-0.2, 0) is 0 Å². The number of Topliss-reactive ketones (excluding diaryl/α,β-unsaturated/α-hetero) is 1. The summed E-state index contributed by atoms with van der Waals surface area (Å²) in [5.41, 5.74) is 0.880. The summed E-state index contributed by atoms with van der Waals surface area (Å²) in [4.78, 5) is 16.1. The van der Waals surface area contributed by atoms with Crippen LogP contribution in [-0.4, -0.2) is 43.4 Å². The van der Waals surface area contributed by atoms with E-state index < -0.39 is 0 Å². The van der Waals surface area contributed by atoms with Crippen LogP contribution < -0.4 is 20.6 Å². The molecule has 1 N–H and O–H groups in total. The zero-order valence-electron chi connectivity index (χ0n) is 13.7. The number of unbranched alkanes of at least 4 members (excludes halogenated alkanes) is 1. The lowest BCUT2D eigenvalue weighted by atomic mass is 10.1. The van der Waals surface area contributed by atoms with Crippen LogP contribution in [0.25, 0.3) is 0 Å². The predicted molar refractivity (Wildman–Crippen MR) is 87.1 cm³/mol. The molecule has 0 atom stereocenters. The number of hydrogen-bond donors (Lipinski definition) is 1. The molecule has 1 fully saturated rings. The van der Waals surface area contributed by atoms with E-state index in [9.17, 15) is 4.79 Å². The number of rotatable bonds is 7. The molecule has 7 heteroatoms. The zero-order valence-corrected chi connectivity index (χ0v) is 13.7. The van der Waals surface area contributed by atoms with E-state index in [0.717, 1.165) is 51.1 Å². The number of hydrogen-bond acceptors (Lipinski definition) is 5. The fourth-order valence-electron chi connectivity index (χ4n) is 2.93. The summed E-state index contributed by atoms with van der Waals surface area (Å²) in [5.74, 6) is 0.231. The van der Waals surface area contributed by atoms with Crippen molar-refractivity contribution < 1.29 is 14.1 Å². The van der Waals surface area contributed by atoms with Gasteiger partial charge in [0.15, 0.2) is 5.78 Å². The van der Waals surface area contributed by atoms with Gasteiger partial charge in [-0.3, -0.25) is 15.2 Å². The Labute approximate surface area is 140 Å². The largest absolute Gasteiger partial charge is 0.380 e. The van der Waals surface area contributed by atoms with Crippen molar-refractivity contribution in [1.82, 2.24) is 10.2 Å². The van der Waals surface area contributed by atoms with Crippen molar-refractivity contribution in [3.8, 4) is 0 Å². The molecule has 0 unspecified atom stereocenters. The third-order valence-electron chi connectivity index (χ3n) is 4.32. The van der Waals surface area contributed by atoms with Gasteiger partial charge in [-0.15, -0.1) is 0 Å². The van der Waals surface area contributed by atoms with Gasteiger partial charge >= 0.3 is 0 Å². The molecule has 1 aromatic heterocycles. The van der Waals surface area contributed by atoms with E-state index in [0.29, 0.717) is 6.42 Å².